The second-order valence-electron chi connectivity index (χ2n) is 8.44. The maximum Gasteiger partial charge on any atom is 0.184 e. The Labute approximate surface area is 144 Å². The summed E-state index contributed by atoms with van der Waals surface area (Å²) in [6, 6.07) is 0. The van der Waals surface area contributed by atoms with Crippen LogP contribution in [0, 0.1) is 5.92 Å². The molecule has 4 nitrogen and oxygen atoms in total. The molecule has 0 N–H and O–H groups in total. The van der Waals surface area contributed by atoms with Crippen LogP contribution >= 0.6 is 0 Å². The first-order valence-electron chi connectivity index (χ1n) is 9.27. The smallest absolute Gasteiger partial charge is 0.184 e. The predicted octanol–water partition coefficient (Wildman–Crippen LogP) is 3.70. The highest BCUT2D eigenvalue weighted by Gasteiger charge is 2.56. The Morgan fingerprint density at radius 3 is 2.67 bits per heavy atom. The van der Waals surface area contributed by atoms with Crippen molar-refractivity contribution in [1.82, 2.24) is 0 Å². The third kappa shape index (κ3) is 3.00. The van der Waals surface area contributed by atoms with E-state index in [-0.39, 0.29) is 29.5 Å². The third-order valence-electron chi connectivity index (χ3n) is 5.85. The molecule has 0 aromatic carbocycles. The van der Waals surface area contributed by atoms with E-state index in [1.807, 2.05) is 19.9 Å². The van der Waals surface area contributed by atoms with E-state index in [0.29, 0.717) is 0 Å². The van der Waals surface area contributed by atoms with Crippen molar-refractivity contribution in [2.75, 3.05) is 0 Å². The standard InChI is InChI=1S/C20H28O4/c1-19(2)22-16-12-20(3)9-7-5-4-6-8-13-10-14(21)18(24-19)17(16)15(11-13)23-20/h4-5,10,15-18H,6-9,11-12H2,1-3H3/b5-4-/t15-,16+,17+,18+,20-/m0/s1. The fraction of sp³-hybridized carbons (Fsp3) is 0.750. The SMILES string of the molecule is CC1(C)O[C@@H]2C(=O)C=C3CC/C=C\CC[C@@]4(C)C[C@@H](O1)[C@H]2[C@H](C3)O4. The first-order valence-corrected chi connectivity index (χ1v) is 9.27. The van der Waals surface area contributed by atoms with Gasteiger partial charge in [0.25, 0.3) is 0 Å². The van der Waals surface area contributed by atoms with Gasteiger partial charge in [-0.25, -0.2) is 0 Å². The van der Waals surface area contributed by atoms with Crippen molar-refractivity contribution in [3.05, 3.63) is 23.8 Å². The minimum absolute atomic E-state index is 0.000984. The monoisotopic (exact) mass is 332 g/mol. The summed E-state index contributed by atoms with van der Waals surface area (Å²) in [4.78, 5) is 12.9. The van der Waals surface area contributed by atoms with Crippen molar-refractivity contribution in [2.45, 2.75) is 89.0 Å². The minimum Gasteiger partial charge on any atom is -0.371 e. The van der Waals surface area contributed by atoms with Gasteiger partial charge in [-0.15, -0.1) is 0 Å². The quantitative estimate of drug-likeness (QED) is 0.635. The number of carbonyl (C=O) groups excluding carboxylic acids is 1. The molecule has 5 atom stereocenters. The van der Waals surface area contributed by atoms with E-state index in [4.69, 9.17) is 14.2 Å². The van der Waals surface area contributed by atoms with Crippen LogP contribution in [0.25, 0.3) is 0 Å². The molecular formula is C20H28O4. The normalized spacial score (nSPS) is 45.8. The minimum atomic E-state index is -0.723. The van der Waals surface area contributed by atoms with Crippen LogP contribution in [0.5, 0.6) is 0 Å². The lowest BCUT2D eigenvalue weighted by molar-refractivity contribution is -0.351. The van der Waals surface area contributed by atoms with E-state index in [9.17, 15) is 4.79 Å². The van der Waals surface area contributed by atoms with Gasteiger partial charge >= 0.3 is 0 Å². The molecule has 4 heteroatoms. The zero-order chi connectivity index (χ0) is 16.9. The van der Waals surface area contributed by atoms with Crippen molar-refractivity contribution < 1.29 is 19.0 Å². The van der Waals surface area contributed by atoms with Crippen molar-refractivity contribution >= 4 is 5.78 Å². The molecule has 0 saturated carbocycles. The molecule has 3 heterocycles. The van der Waals surface area contributed by atoms with E-state index in [1.165, 1.54) is 5.57 Å². The first-order chi connectivity index (χ1) is 11.4. The lowest BCUT2D eigenvalue weighted by Crippen LogP contribution is -2.62. The summed E-state index contributed by atoms with van der Waals surface area (Å²) in [6.45, 7) is 6.03. The number of ketones is 1. The molecule has 0 radical (unpaired) electrons. The summed E-state index contributed by atoms with van der Waals surface area (Å²) in [5.74, 6) is -0.632. The van der Waals surface area contributed by atoms with Crippen LogP contribution in [0.15, 0.2) is 23.8 Å². The fourth-order valence-corrected chi connectivity index (χ4v) is 4.83. The Bertz CT molecular complexity index is 590. The molecule has 2 saturated heterocycles. The first kappa shape index (κ1) is 16.5. The number of hydrogen-bond donors (Lipinski definition) is 0. The van der Waals surface area contributed by atoms with Gasteiger partial charge in [-0.3, -0.25) is 4.79 Å². The molecule has 0 amide bonds. The van der Waals surface area contributed by atoms with Crippen LogP contribution in [0.3, 0.4) is 0 Å². The van der Waals surface area contributed by atoms with Crippen LogP contribution in [-0.4, -0.2) is 35.5 Å². The number of carbonyl (C=O) groups is 1. The summed E-state index contributed by atoms with van der Waals surface area (Å²) in [5.41, 5.74) is 0.993. The second-order valence-corrected chi connectivity index (χ2v) is 8.44. The van der Waals surface area contributed by atoms with Crippen LogP contribution in [0.1, 0.15) is 59.3 Å². The zero-order valence-electron chi connectivity index (χ0n) is 14.9. The van der Waals surface area contributed by atoms with Gasteiger partial charge in [0.05, 0.1) is 17.8 Å². The van der Waals surface area contributed by atoms with Crippen molar-refractivity contribution in [3.8, 4) is 0 Å². The second kappa shape index (κ2) is 5.79. The van der Waals surface area contributed by atoms with Crippen LogP contribution in [-0.2, 0) is 19.0 Å². The van der Waals surface area contributed by atoms with Crippen LogP contribution < -0.4 is 0 Å². The van der Waals surface area contributed by atoms with Gasteiger partial charge in [0, 0.05) is 12.3 Å². The largest absolute Gasteiger partial charge is 0.371 e. The van der Waals surface area contributed by atoms with Gasteiger partial charge in [-0.2, -0.15) is 0 Å². The predicted molar refractivity (Wildman–Crippen MR) is 90.5 cm³/mol. The molecule has 2 fully saturated rings. The number of allylic oxidation sites excluding steroid dienone is 2. The number of rotatable bonds is 0. The van der Waals surface area contributed by atoms with Crippen molar-refractivity contribution in [3.63, 3.8) is 0 Å². The number of fused-ring (bicyclic) bond motifs is 2. The molecule has 4 aliphatic rings. The van der Waals surface area contributed by atoms with Gasteiger partial charge in [-0.1, -0.05) is 17.7 Å². The van der Waals surface area contributed by atoms with Gasteiger partial charge < -0.3 is 14.2 Å². The summed E-state index contributed by atoms with van der Waals surface area (Å²) in [5, 5.41) is 0. The lowest BCUT2D eigenvalue weighted by atomic mass is 9.76. The Morgan fingerprint density at radius 1 is 1.04 bits per heavy atom. The van der Waals surface area contributed by atoms with Gasteiger partial charge in [-0.05, 0) is 59.0 Å². The molecule has 24 heavy (non-hydrogen) atoms. The molecule has 0 aromatic rings. The lowest BCUT2D eigenvalue weighted by Gasteiger charge is -2.54. The van der Waals surface area contributed by atoms with Crippen molar-refractivity contribution in [1.29, 1.82) is 0 Å². The third-order valence-corrected chi connectivity index (χ3v) is 5.85. The Hall–Kier alpha value is -0.970. The molecule has 0 aromatic heterocycles. The van der Waals surface area contributed by atoms with Gasteiger partial charge in [0.1, 0.15) is 6.10 Å². The molecule has 0 spiro atoms. The Balaban J connectivity index is 1.76. The van der Waals surface area contributed by atoms with E-state index >= 15 is 0 Å². The number of ether oxygens (including phenoxy) is 3. The summed E-state index contributed by atoms with van der Waals surface area (Å²) < 4.78 is 18.9. The average molecular weight is 332 g/mol. The topological polar surface area (TPSA) is 44.8 Å². The summed E-state index contributed by atoms with van der Waals surface area (Å²) in [7, 11) is 0. The molecular weight excluding hydrogens is 304 g/mol. The molecule has 4 rings (SSSR count). The highest BCUT2D eigenvalue weighted by Crippen LogP contribution is 2.47. The molecule has 3 aliphatic heterocycles. The van der Waals surface area contributed by atoms with E-state index in [2.05, 4.69) is 19.1 Å². The Kier molecular flexibility index (Phi) is 3.98. The fourth-order valence-electron chi connectivity index (χ4n) is 4.83. The van der Waals surface area contributed by atoms with Crippen molar-refractivity contribution in [2.24, 2.45) is 5.92 Å². The van der Waals surface area contributed by atoms with Crippen LogP contribution in [0.2, 0.25) is 0 Å². The van der Waals surface area contributed by atoms with E-state index in [1.54, 1.807) is 0 Å². The molecule has 3 bridgehead atoms. The summed E-state index contributed by atoms with van der Waals surface area (Å²) in [6.07, 6.45) is 11.5. The zero-order valence-corrected chi connectivity index (χ0v) is 14.9. The summed E-state index contributed by atoms with van der Waals surface area (Å²) >= 11 is 0. The molecule has 0 unspecified atom stereocenters. The maximum atomic E-state index is 12.9. The van der Waals surface area contributed by atoms with Crippen LogP contribution in [0.4, 0.5) is 0 Å². The molecule has 1 aliphatic carbocycles. The molecule has 132 valence electrons. The average Bonchev–Trinajstić information content (AvgIpc) is 2.60. The highest BCUT2D eigenvalue weighted by molar-refractivity contribution is 5.95. The van der Waals surface area contributed by atoms with Gasteiger partial charge in [0.2, 0.25) is 0 Å². The highest BCUT2D eigenvalue weighted by atomic mass is 16.7. The number of hydrogen-bond acceptors (Lipinski definition) is 4. The van der Waals surface area contributed by atoms with Gasteiger partial charge in [0.15, 0.2) is 11.6 Å². The van der Waals surface area contributed by atoms with E-state index in [0.717, 1.165) is 38.5 Å². The Morgan fingerprint density at radius 2 is 1.83 bits per heavy atom. The maximum absolute atomic E-state index is 12.9. The van der Waals surface area contributed by atoms with E-state index < -0.39 is 11.9 Å².